The minimum Gasteiger partial charge on any atom is -0.459 e. The molecule has 4 nitrogen and oxygen atoms in total. The van der Waals surface area contributed by atoms with E-state index in [-0.39, 0.29) is 12.3 Å². The Morgan fingerprint density at radius 1 is 1.35 bits per heavy atom. The summed E-state index contributed by atoms with van der Waals surface area (Å²) in [5.74, 6) is -2.17. The van der Waals surface area contributed by atoms with Crippen LogP contribution in [0.15, 0.2) is 34.9 Å². The Kier molecular flexibility index (Phi) is 4.14. The lowest BCUT2D eigenvalue weighted by Gasteiger charge is -2.13. The van der Waals surface area contributed by atoms with Crippen LogP contribution in [0, 0.1) is 18.6 Å². The van der Waals surface area contributed by atoms with E-state index < -0.39 is 29.2 Å². The highest BCUT2D eigenvalue weighted by Crippen LogP contribution is 2.20. The van der Waals surface area contributed by atoms with Gasteiger partial charge in [0.1, 0.15) is 17.7 Å². The molecule has 0 aliphatic rings. The van der Waals surface area contributed by atoms with Crippen LogP contribution in [0.1, 0.15) is 27.8 Å². The highest BCUT2D eigenvalue weighted by Gasteiger charge is 2.20. The highest BCUT2D eigenvalue weighted by atomic mass is 19.1. The van der Waals surface area contributed by atoms with Crippen molar-refractivity contribution in [1.29, 1.82) is 0 Å². The summed E-state index contributed by atoms with van der Waals surface area (Å²) in [6, 6.07) is 4.90. The average Bonchev–Trinajstić information content (AvgIpc) is 2.82. The Morgan fingerprint density at radius 3 is 2.55 bits per heavy atom. The van der Waals surface area contributed by atoms with Crippen molar-refractivity contribution in [1.82, 2.24) is 5.32 Å². The summed E-state index contributed by atoms with van der Waals surface area (Å²) in [4.78, 5) is 11.7. The fourth-order valence-electron chi connectivity index (χ4n) is 1.81. The molecule has 0 bridgehead atoms. The predicted molar refractivity (Wildman–Crippen MR) is 67.1 cm³/mol. The molecule has 2 aromatic rings. The smallest absolute Gasteiger partial charge is 0.287 e. The fraction of sp³-hybridized carbons (Fsp3) is 0.214. The fourth-order valence-corrected chi connectivity index (χ4v) is 1.81. The summed E-state index contributed by atoms with van der Waals surface area (Å²) in [5.41, 5.74) is 0.165. The number of hydrogen-bond donors (Lipinski definition) is 2. The average molecular weight is 281 g/mol. The summed E-state index contributed by atoms with van der Waals surface area (Å²) in [6.45, 7) is 1.36. The highest BCUT2D eigenvalue weighted by molar-refractivity contribution is 5.92. The zero-order valence-corrected chi connectivity index (χ0v) is 10.7. The minimum absolute atomic E-state index is 0.103. The number of amides is 1. The van der Waals surface area contributed by atoms with E-state index in [1.807, 2.05) is 0 Å². The van der Waals surface area contributed by atoms with Crippen LogP contribution in [-0.2, 0) is 0 Å². The maximum Gasteiger partial charge on any atom is 0.287 e. The summed E-state index contributed by atoms with van der Waals surface area (Å²) < 4.78 is 31.8. The van der Waals surface area contributed by atoms with Gasteiger partial charge < -0.3 is 14.8 Å². The van der Waals surface area contributed by atoms with Gasteiger partial charge in [-0.2, -0.15) is 0 Å². The predicted octanol–water partition coefficient (Wildman–Crippen LogP) is 2.33. The van der Waals surface area contributed by atoms with Crippen LogP contribution in [0.4, 0.5) is 8.78 Å². The Morgan fingerprint density at radius 2 is 2.00 bits per heavy atom. The first kappa shape index (κ1) is 14.2. The van der Waals surface area contributed by atoms with Crippen molar-refractivity contribution in [3.05, 3.63) is 59.1 Å². The van der Waals surface area contributed by atoms with E-state index in [2.05, 4.69) is 5.32 Å². The molecule has 0 fully saturated rings. The quantitative estimate of drug-likeness (QED) is 0.904. The largest absolute Gasteiger partial charge is 0.459 e. The molecule has 1 heterocycles. The Bertz CT molecular complexity index is 604. The Balaban J connectivity index is 2.04. The molecule has 1 atom stereocenters. The maximum absolute atomic E-state index is 13.4. The van der Waals surface area contributed by atoms with E-state index in [0.29, 0.717) is 5.56 Å². The number of carbonyl (C=O) groups is 1. The molecule has 2 rings (SSSR count). The van der Waals surface area contributed by atoms with Gasteiger partial charge in [0.2, 0.25) is 0 Å². The number of nitrogens with one attached hydrogen (secondary N) is 1. The first-order valence-electron chi connectivity index (χ1n) is 5.95. The van der Waals surface area contributed by atoms with Gasteiger partial charge in [-0.3, -0.25) is 4.79 Å². The third-order valence-electron chi connectivity index (χ3n) is 2.86. The van der Waals surface area contributed by atoms with Crippen LogP contribution in [0.3, 0.4) is 0 Å². The number of furan rings is 1. The summed E-state index contributed by atoms with van der Waals surface area (Å²) >= 11 is 0. The maximum atomic E-state index is 13.4. The summed E-state index contributed by atoms with van der Waals surface area (Å²) in [5, 5.41) is 12.1. The first-order valence-corrected chi connectivity index (χ1v) is 5.95. The van der Waals surface area contributed by atoms with E-state index in [1.165, 1.54) is 12.3 Å². The Hall–Kier alpha value is -2.21. The van der Waals surface area contributed by atoms with Crippen LogP contribution in [0.25, 0.3) is 0 Å². The van der Waals surface area contributed by atoms with Gasteiger partial charge in [0.15, 0.2) is 5.76 Å². The standard InChI is InChI=1S/C14H13F2NO3/c1-8-5-6-20-13(8)14(19)17-7-11(18)12-9(15)3-2-4-10(12)16/h2-6,11,18H,7H2,1H3,(H,17,19). The van der Waals surface area contributed by atoms with Crippen molar-refractivity contribution in [3.63, 3.8) is 0 Å². The lowest BCUT2D eigenvalue weighted by atomic mass is 10.1. The van der Waals surface area contributed by atoms with Gasteiger partial charge in [-0.1, -0.05) is 6.07 Å². The van der Waals surface area contributed by atoms with Crippen molar-refractivity contribution >= 4 is 5.91 Å². The van der Waals surface area contributed by atoms with E-state index >= 15 is 0 Å². The molecule has 20 heavy (non-hydrogen) atoms. The molecule has 0 radical (unpaired) electrons. The van der Waals surface area contributed by atoms with Crippen LogP contribution < -0.4 is 5.32 Å². The SMILES string of the molecule is Cc1ccoc1C(=O)NCC(O)c1c(F)cccc1F. The van der Waals surface area contributed by atoms with Gasteiger partial charge in [-0.05, 0) is 25.1 Å². The molecular formula is C14H13F2NO3. The normalized spacial score (nSPS) is 12.2. The molecule has 0 saturated carbocycles. The van der Waals surface area contributed by atoms with Gasteiger partial charge in [0.25, 0.3) is 5.91 Å². The number of halogens is 2. The molecule has 0 saturated heterocycles. The molecule has 1 aromatic heterocycles. The molecule has 106 valence electrons. The lowest BCUT2D eigenvalue weighted by molar-refractivity contribution is 0.0883. The molecule has 6 heteroatoms. The zero-order valence-electron chi connectivity index (χ0n) is 10.7. The number of hydrogen-bond acceptors (Lipinski definition) is 3. The summed E-state index contributed by atoms with van der Waals surface area (Å²) in [7, 11) is 0. The number of benzene rings is 1. The van der Waals surface area contributed by atoms with E-state index in [4.69, 9.17) is 4.42 Å². The number of carbonyl (C=O) groups excluding carboxylic acids is 1. The number of rotatable bonds is 4. The van der Waals surface area contributed by atoms with Crippen LogP contribution in [0.2, 0.25) is 0 Å². The van der Waals surface area contributed by atoms with Crippen molar-refractivity contribution in [2.24, 2.45) is 0 Å². The van der Waals surface area contributed by atoms with E-state index in [9.17, 15) is 18.7 Å². The van der Waals surface area contributed by atoms with Crippen LogP contribution >= 0.6 is 0 Å². The lowest BCUT2D eigenvalue weighted by Crippen LogP contribution is -2.29. The van der Waals surface area contributed by atoms with Gasteiger partial charge in [-0.25, -0.2) is 8.78 Å². The van der Waals surface area contributed by atoms with Gasteiger partial charge >= 0.3 is 0 Å². The molecule has 1 amide bonds. The molecule has 0 spiro atoms. The van der Waals surface area contributed by atoms with Gasteiger partial charge in [-0.15, -0.1) is 0 Å². The molecule has 1 unspecified atom stereocenters. The summed E-state index contributed by atoms with van der Waals surface area (Å²) in [6.07, 6.45) is -0.118. The van der Waals surface area contributed by atoms with Crippen molar-refractivity contribution in [2.45, 2.75) is 13.0 Å². The topological polar surface area (TPSA) is 62.5 Å². The van der Waals surface area contributed by atoms with Gasteiger partial charge in [0, 0.05) is 12.1 Å². The Labute approximate surface area is 114 Å². The third kappa shape index (κ3) is 2.85. The van der Waals surface area contributed by atoms with E-state index in [1.54, 1.807) is 13.0 Å². The van der Waals surface area contributed by atoms with Gasteiger partial charge in [0.05, 0.1) is 11.8 Å². The molecule has 2 N–H and O–H groups in total. The van der Waals surface area contributed by atoms with Crippen molar-refractivity contribution in [2.75, 3.05) is 6.54 Å². The monoisotopic (exact) mass is 281 g/mol. The van der Waals surface area contributed by atoms with Crippen LogP contribution in [0.5, 0.6) is 0 Å². The first-order chi connectivity index (χ1) is 9.50. The second-order valence-corrected chi connectivity index (χ2v) is 4.29. The number of aliphatic hydroxyl groups excluding tert-OH is 1. The molecular weight excluding hydrogens is 268 g/mol. The van der Waals surface area contributed by atoms with E-state index in [0.717, 1.165) is 12.1 Å². The molecule has 1 aromatic carbocycles. The second-order valence-electron chi connectivity index (χ2n) is 4.29. The third-order valence-corrected chi connectivity index (χ3v) is 2.86. The molecule has 0 aliphatic carbocycles. The minimum atomic E-state index is -1.48. The van der Waals surface area contributed by atoms with Crippen LogP contribution in [-0.4, -0.2) is 17.6 Å². The van der Waals surface area contributed by atoms with Crippen molar-refractivity contribution < 1.29 is 23.1 Å². The van der Waals surface area contributed by atoms with Crippen molar-refractivity contribution in [3.8, 4) is 0 Å². The number of aryl methyl sites for hydroxylation is 1. The second kappa shape index (κ2) is 5.83. The zero-order chi connectivity index (χ0) is 14.7. The number of aliphatic hydroxyl groups is 1. The molecule has 0 aliphatic heterocycles.